The van der Waals surface area contributed by atoms with Crippen molar-refractivity contribution in [1.29, 1.82) is 0 Å². The summed E-state index contributed by atoms with van der Waals surface area (Å²) in [5.41, 5.74) is 7.89. The van der Waals surface area contributed by atoms with E-state index in [4.69, 9.17) is 15.6 Å². The van der Waals surface area contributed by atoms with E-state index in [0.29, 0.717) is 30.2 Å². The summed E-state index contributed by atoms with van der Waals surface area (Å²) in [5, 5.41) is 29.2. The van der Waals surface area contributed by atoms with Crippen LogP contribution in [0.4, 0.5) is 0 Å². The molecule has 8 N–H and O–H groups in total. The van der Waals surface area contributed by atoms with Gasteiger partial charge in [-0.15, -0.1) is 0 Å². The van der Waals surface area contributed by atoms with E-state index in [0.717, 1.165) is 32.6 Å². The van der Waals surface area contributed by atoms with Gasteiger partial charge in [-0.25, -0.2) is 0 Å². The van der Waals surface area contributed by atoms with Crippen LogP contribution in [0.1, 0.15) is 65.7 Å². The molecule has 2 unspecified atom stereocenters. The summed E-state index contributed by atoms with van der Waals surface area (Å²) < 4.78 is 0. The Balaban J connectivity index is 0.000000717. The number of allylic oxidation sites excluding steroid dienone is 1. The molecule has 0 saturated heterocycles. The number of carboxylic acid groups (broad SMARTS) is 1. The molecular formula is C22H42N2O4. The monoisotopic (exact) mass is 398 g/mol. The molecule has 164 valence electrons. The maximum Gasteiger partial charge on any atom is 0.0543 e. The van der Waals surface area contributed by atoms with Gasteiger partial charge in [-0.1, -0.05) is 26.0 Å². The van der Waals surface area contributed by atoms with Crippen molar-refractivity contribution in [2.45, 2.75) is 71.8 Å². The van der Waals surface area contributed by atoms with E-state index >= 15 is 0 Å². The highest BCUT2D eigenvalue weighted by atomic mass is 16.4. The normalized spacial score (nSPS) is 42.6. The first-order valence-corrected chi connectivity index (χ1v) is 10.4. The number of fused-ring (bicyclic) bond motifs is 1. The summed E-state index contributed by atoms with van der Waals surface area (Å²) in [6.45, 7) is 11.0. The molecule has 0 aromatic rings. The van der Waals surface area contributed by atoms with Gasteiger partial charge in [0.05, 0.1) is 6.10 Å². The van der Waals surface area contributed by atoms with Crippen molar-refractivity contribution in [3.63, 3.8) is 0 Å². The first-order chi connectivity index (χ1) is 12.6. The molecule has 3 saturated carbocycles. The zero-order chi connectivity index (χ0) is 20.4. The summed E-state index contributed by atoms with van der Waals surface area (Å²) in [7, 11) is 0. The van der Waals surface area contributed by atoms with Crippen LogP contribution >= 0.6 is 0 Å². The predicted molar refractivity (Wildman–Crippen MR) is 110 cm³/mol. The summed E-state index contributed by atoms with van der Waals surface area (Å²) in [6, 6.07) is 0. The lowest BCUT2D eigenvalue weighted by atomic mass is 9.49. The Labute approximate surface area is 170 Å². The predicted octanol–water partition coefficient (Wildman–Crippen LogP) is 2.24. The summed E-state index contributed by atoms with van der Waals surface area (Å²) >= 11 is 0. The third-order valence-corrected chi connectivity index (χ3v) is 8.24. The summed E-state index contributed by atoms with van der Waals surface area (Å²) in [6.07, 6.45) is 7.24. The van der Waals surface area contributed by atoms with Crippen molar-refractivity contribution in [2.75, 3.05) is 13.2 Å². The lowest BCUT2D eigenvalue weighted by Gasteiger charge is -2.56. The number of rotatable bonds is 3. The van der Waals surface area contributed by atoms with Gasteiger partial charge >= 0.3 is 0 Å². The molecule has 3 aliphatic rings. The minimum absolute atomic E-state index is 0. The van der Waals surface area contributed by atoms with E-state index in [1.807, 2.05) is 0 Å². The molecule has 0 heterocycles. The minimum Gasteiger partial charge on any atom is -0.550 e. The largest absolute Gasteiger partial charge is 0.550 e. The fourth-order valence-electron chi connectivity index (χ4n) is 6.52. The van der Waals surface area contributed by atoms with Crippen LogP contribution in [-0.2, 0) is 4.79 Å². The van der Waals surface area contributed by atoms with E-state index in [1.165, 1.54) is 24.8 Å². The van der Waals surface area contributed by atoms with Crippen molar-refractivity contribution in [1.82, 2.24) is 6.15 Å². The highest BCUT2D eigenvalue weighted by molar-refractivity contribution is 5.60. The number of hydrogen-bond acceptors (Lipinski definition) is 5. The molecule has 0 spiro atoms. The van der Waals surface area contributed by atoms with Crippen LogP contribution in [0.15, 0.2) is 12.2 Å². The molecule has 6 nitrogen and oxygen atoms in total. The number of carbonyl (C=O) groups is 1. The van der Waals surface area contributed by atoms with Crippen LogP contribution < -0.4 is 17.0 Å². The highest BCUT2D eigenvalue weighted by Gasteiger charge is 2.56. The number of nitrogens with two attached hydrogens (primary N) is 1. The number of aliphatic hydroxyl groups excluding tert-OH is 2. The molecular weight excluding hydrogens is 356 g/mol. The lowest BCUT2D eigenvalue weighted by molar-refractivity contribution is -0.302. The third kappa shape index (κ3) is 4.61. The van der Waals surface area contributed by atoms with Gasteiger partial charge in [0.2, 0.25) is 0 Å². The molecule has 0 aromatic heterocycles. The third-order valence-electron chi connectivity index (χ3n) is 8.24. The van der Waals surface area contributed by atoms with Crippen LogP contribution in [0.25, 0.3) is 0 Å². The zero-order valence-electron chi connectivity index (χ0n) is 18.2. The van der Waals surface area contributed by atoms with Crippen LogP contribution in [0.3, 0.4) is 0 Å². The van der Waals surface area contributed by atoms with Crippen molar-refractivity contribution in [3.8, 4) is 0 Å². The molecule has 0 radical (unpaired) electrons. The average Bonchev–Trinajstić information content (AvgIpc) is 2.91. The topological polar surface area (TPSA) is 143 Å². The van der Waals surface area contributed by atoms with Gasteiger partial charge in [0.1, 0.15) is 0 Å². The SMILES string of the molecule is C=C1CCC2[C@@H](CO)C([C@@]3(C)CC[C@H](O)C[C@@H]3CN)CC[C@@]12C.CC(=O)[O-].[NH4+]. The fraction of sp³-hybridized carbons (Fsp3) is 0.864. The molecule has 0 aliphatic heterocycles. The smallest absolute Gasteiger partial charge is 0.0543 e. The molecule has 3 rings (SSSR count). The van der Waals surface area contributed by atoms with Crippen LogP contribution in [0.5, 0.6) is 0 Å². The fourth-order valence-corrected chi connectivity index (χ4v) is 6.52. The van der Waals surface area contributed by atoms with Gasteiger partial charge in [-0.3, -0.25) is 0 Å². The minimum atomic E-state index is -1.08. The Morgan fingerprint density at radius 1 is 1.25 bits per heavy atom. The second-order valence-electron chi connectivity index (χ2n) is 9.52. The van der Waals surface area contributed by atoms with E-state index in [1.54, 1.807) is 0 Å². The number of carboxylic acids is 1. The van der Waals surface area contributed by atoms with Crippen LogP contribution in [0, 0.1) is 34.5 Å². The lowest BCUT2D eigenvalue weighted by Crippen LogP contribution is -2.52. The maximum absolute atomic E-state index is 10.3. The van der Waals surface area contributed by atoms with E-state index in [2.05, 4.69) is 20.4 Å². The van der Waals surface area contributed by atoms with Crippen molar-refractivity contribution in [3.05, 3.63) is 12.2 Å². The Hall–Kier alpha value is -0.950. The molecule has 0 amide bonds. The Morgan fingerprint density at radius 3 is 2.39 bits per heavy atom. The highest BCUT2D eigenvalue weighted by Crippen LogP contribution is 2.63. The number of aliphatic carboxylic acids is 1. The molecule has 28 heavy (non-hydrogen) atoms. The number of hydrogen-bond donors (Lipinski definition) is 4. The van der Waals surface area contributed by atoms with Crippen LogP contribution in [-0.4, -0.2) is 35.4 Å². The molecule has 0 bridgehead atoms. The van der Waals surface area contributed by atoms with Crippen molar-refractivity contribution >= 4 is 5.97 Å². The molecule has 6 heteroatoms. The molecule has 0 aromatic carbocycles. The van der Waals surface area contributed by atoms with Gasteiger partial charge in [-0.2, -0.15) is 0 Å². The molecule has 7 atom stereocenters. The molecule has 3 aliphatic carbocycles. The van der Waals surface area contributed by atoms with Crippen LogP contribution in [0.2, 0.25) is 0 Å². The van der Waals surface area contributed by atoms with Gasteiger partial charge in [0.15, 0.2) is 0 Å². The number of carbonyl (C=O) groups excluding carboxylic acids is 1. The standard InChI is InChI=1S/C20H35NO2.C2H4O2.H3N/c1-13-4-5-17-16(12-22)18(7-9-19(13,17)2)20(3)8-6-15(23)10-14(20)11-21;1-2(3)4;/h14-18,22-23H,1,4-12,21H2,2-3H3;1H3,(H,3,4);1H3/t14-,15+,16-,17?,18?,19+,20+;;/m1../s1. The average molecular weight is 399 g/mol. The Morgan fingerprint density at radius 2 is 1.86 bits per heavy atom. The first kappa shape index (κ1) is 25.1. The summed E-state index contributed by atoms with van der Waals surface area (Å²) in [4.78, 5) is 8.89. The van der Waals surface area contributed by atoms with E-state index < -0.39 is 5.97 Å². The first-order valence-electron chi connectivity index (χ1n) is 10.4. The second kappa shape index (κ2) is 9.70. The second-order valence-corrected chi connectivity index (χ2v) is 9.52. The maximum atomic E-state index is 10.3. The van der Waals surface area contributed by atoms with E-state index in [-0.39, 0.29) is 29.7 Å². The quantitative estimate of drug-likeness (QED) is 0.539. The van der Waals surface area contributed by atoms with E-state index in [9.17, 15) is 10.2 Å². The van der Waals surface area contributed by atoms with Gasteiger partial charge in [0.25, 0.3) is 0 Å². The number of aliphatic hydroxyl groups is 2. The number of quaternary nitrogens is 1. The Kier molecular flexibility index (Phi) is 8.69. The van der Waals surface area contributed by atoms with Gasteiger partial charge in [-0.05, 0) is 92.9 Å². The Bertz CT molecular complexity index is 551. The van der Waals surface area contributed by atoms with Gasteiger partial charge < -0.3 is 32.0 Å². The van der Waals surface area contributed by atoms with Crippen molar-refractivity contribution in [2.24, 2.45) is 40.2 Å². The molecule has 3 fully saturated rings. The van der Waals surface area contributed by atoms with Crippen molar-refractivity contribution < 1.29 is 20.1 Å². The summed E-state index contributed by atoms with van der Waals surface area (Å²) in [5.74, 6) is 0.750. The zero-order valence-corrected chi connectivity index (χ0v) is 18.2. The van der Waals surface area contributed by atoms with Gasteiger partial charge in [0, 0.05) is 12.6 Å².